The minimum absolute atomic E-state index is 0.241. The Labute approximate surface area is 124 Å². The van der Waals surface area contributed by atoms with Crippen LogP contribution in [0.3, 0.4) is 0 Å². The summed E-state index contributed by atoms with van der Waals surface area (Å²) in [7, 11) is 0. The first-order chi connectivity index (χ1) is 10.3. The lowest BCUT2D eigenvalue weighted by molar-refractivity contribution is 0.112. The van der Waals surface area contributed by atoms with E-state index < -0.39 is 6.10 Å². The van der Waals surface area contributed by atoms with Crippen LogP contribution in [0, 0.1) is 5.92 Å². The average molecular weight is 282 g/mol. The van der Waals surface area contributed by atoms with Crippen molar-refractivity contribution in [2.24, 2.45) is 5.92 Å². The molecule has 1 heterocycles. The van der Waals surface area contributed by atoms with Crippen molar-refractivity contribution in [3.05, 3.63) is 59.2 Å². The number of aliphatic hydroxyl groups excluding tert-OH is 1. The highest BCUT2D eigenvalue weighted by Gasteiger charge is 2.29. The van der Waals surface area contributed by atoms with Crippen molar-refractivity contribution in [3.8, 4) is 11.5 Å². The quantitative estimate of drug-likeness (QED) is 0.920. The van der Waals surface area contributed by atoms with Gasteiger partial charge in [0.25, 0.3) is 0 Å². The van der Waals surface area contributed by atoms with Gasteiger partial charge in [0.15, 0.2) is 11.5 Å². The van der Waals surface area contributed by atoms with Crippen molar-refractivity contribution in [2.45, 2.75) is 18.9 Å². The van der Waals surface area contributed by atoms with E-state index in [9.17, 15) is 5.11 Å². The van der Waals surface area contributed by atoms with E-state index in [-0.39, 0.29) is 5.92 Å². The minimum Gasteiger partial charge on any atom is -0.486 e. The van der Waals surface area contributed by atoms with Crippen LogP contribution in [0.1, 0.15) is 22.8 Å². The Bertz CT molecular complexity index is 640. The smallest absolute Gasteiger partial charge is 0.161 e. The number of aliphatic hydroxyl groups is 1. The third-order valence-corrected chi connectivity index (χ3v) is 4.44. The molecule has 0 bridgehead atoms. The van der Waals surface area contributed by atoms with E-state index in [1.54, 1.807) is 0 Å². The first-order valence-corrected chi connectivity index (χ1v) is 7.45. The molecule has 4 rings (SSSR count). The van der Waals surface area contributed by atoms with Crippen LogP contribution >= 0.6 is 0 Å². The van der Waals surface area contributed by atoms with Crippen LogP contribution in [0.4, 0.5) is 0 Å². The Morgan fingerprint density at radius 2 is 1.57 bits per heavy atom. The van der Waals surface area contributed by atoms with Gasteiger partial charge >= 0.3 is 0 Å². The van der Waals surface area contributed by atoms with E-state index in [1.165, 1.54) is 11.1 Å². The molecule has 108 valence electrons. The molecule has 2 aromatic rings. The monoisotopic (exact) mass is 282 g/mol. The van der Waals surface area contributed by atoms with Gasteiger partial charge < -0.3 is 14.6 Å². The number of hydrogen-bond acceptors (Lipinski definition) is 3. The van der Waals surface area contributed by atoms with Gasteiger partial charge in [0.2, 0.25) is 0 Å². The summed E-state index contributed by atoms with van der Waals surface area (Å²) >= 11 is 0. The number of ether oxygens (including phenoxy) is 2. The summed E-state index contributed by atoms with van der Waals surface area (Å²) in [5, 5.41) is 10.7. The van der Waals surface area contributed by atoms with Crippen molar-refractivity contribution in [1.29, 1.82) is 0 Å². The highest BCUT2D eigenvalue weighted by Crippen LogP contribution is 2.38. The van der Waals surface area contributed by atoms with Gasteiger partial charge in [-0.05, 0) is 47.6 Å². The SMILES string of the molecule is OC(c1ccc2c(c1)OCCO2)C1Cc2ccccc2C1. The summed E-state index contributed by atoms with van der Waals surface area (Å²) in [6.45, 7) is 1.16. The van der Waals surface area contributed by atoms with Crippen LogP contribution in [-0.2, 0) is 12.8 Å². The zero-order valence-corrected chi connectivity index (χ0v) is 11.8. The zero-order valence-electron chi connectivity index (χ0n) is 11.8. The van der Waals surface area contributed by atoms with Gasteiger partial charge in [-0.1, -0.05) is 30.3 Å². The average Bonchev–Trinajstić information content (AvgIpc) is 2.97. The van der Waals surface area contributed by atoms with Gasteiger partial charge in [0, 0.05) is 0 Å². The third-order valence-electron chi connectivity index (χ3n) is 4.44. The molecule has 3 nitrogen and oxygen atoms in total. The van der Waals surface area contributed by atoms with Crippen molar-refractivity contribution in [2.75, 3.05) is 13.2 Å². The summed E-state index contributed by atoms with van der Waals surface area (Å²) in [4.78, 5) is 0. The molecular weight excluding hydrogens is 264 g/mol. The predicted molar refractivity (Wildman–Crippen MR) is 79.7 cm³/mol. The van der Waals surface area contributed by atoms with Crippen molar-refractivity contribution in [3.63, 3.8) is 0 Å². The minimum atomic E-state index is -0.465. The first-order valence-electron chi connectivity index (χ1n) is 7.45. The van der Waals surface area contributed by atoms with Gasteiger partial charge in [-0.25, -0.2) is 0 Å². The normalized spacial score (nSPS) is 18.3. The molecule has 1 aliphatic heterocycles. The summed E-state index contributed by atoms with van der Waals surface area (Å²) in [5.74, 6) is 1.75. The predicted octanol–water partition coefficient (Wildman–Crippen LogP) is 2.91. The lowest BCUT2D eigenvalue weighted by Crippen LogP contribution is -2.17. The molecule has 1 N–H and O–H groups in total. The van der Waals surface area contributed by atoms with Crippen LogP contribution in [0.25, 0.3) is 0 Å². The van der Waals surface area contributed by atoms with E-state index >= 15 is 0 Å². The second-order valence-electron chi connectivity index (χ2n) is 5.78. The fourth-order valence-electron chi connectivity index (χ4n) is 3.33. The van der Waals surface area contributed by atoms with Gasteiger partial charge in [-0.15, -0.1) is 0 Å². The molecule has 0 aromatic heterocycles. The Kier molecular flexibility index (Phi) is 3.08. The fraction of sp³-hybridized carbons (Fsp3) is 0.333. The largest absolute Gasteiger partial charge is 0.486 e. The van der Waals surface area contributed by atoms with E-state index in [0.717, 1.165) is 29.9 Å². The highest BCUT2D eigenvalue weighted by atomic mass is 16.6. The molecule has 0 fully saturated rings. The molecule has 21 heavy (non-hydrogen) atoms. The summed E-state index contributed by atoms with van der Waals surface area (Å²) < 4.78 is 11.1. The second-order valence-corrected chi connectivity index (χ2v) is 5.78. The molecule has 0 saturated carbocycles. The second kappa shape index (κ2) is 5.08. The maximum absolute atomic E-state index is 10.7. The standard InChI is InChI=1S/C18H18O3/c19-18(15-9-12-3-1-2-4-13(12)10-15)14-5-6-16-17(11-14)21-8-7-20-16/h1-6,11,15,18-19H,7-10H2. The molecule has 0 saturated heterocycles. The van der Waals surface area contributed by atoms with Gasteiger partial charge in [-0.2, -0.15) is 0 Å². The first kappa shape index (κ1) is 12.7. The third kappa shape index (κ3) is 2.28. The van der Waals surface area contributed by atoms with Gasteiger partial charge in [0.05, 0.1) is 6.10 Å². The molecule has 0 amide bonds. The Balaban J connectivity index is 1.57. The Hall–Kier alpha value is -2.00. The van der Waals surface area contributed by atoms with E-state index in [0.29, 0.717) is 13.2 Å². The van der Waals surface area contributed by atoms with Crippen LogP contribution < -0.4 is 9.47 Å². The number of hydrogen-bond donors (Lipinski definition) is 1. The topological polar surface area (TPSA) is 38.7 Å². The maximum Gasteiger partial charge on any atom is 0.161 e. The summed E-state index contributed by atoms with van der Waals surface area (Å²) in [6, 6.07) is 14.2. The van der Waals surface area contributed by atoms with Gasteiger partial charge in [-0.3, -0.25) is 0 Å². The number of benzene rings is 2. The van der Waals surface area contributed by atoms with Crippen LogP contribution in [0.5, 0.6) is 11.5 Å². The van der Waals surface area contributed by atoms with Crippen molar-refractivity contribution >= 4 is 0 Å². The molecule has 3 heteroatoms. The Morgan fingerprint density at radius 3 is 2.29 bits per heavy atom. The van der Waals surface area contributed by atoms with Gasteiger partial charge in [0.1, 0.15) is 13.2 Å². The van der Waals surface area contributed by atoms with E-state index in [1.807, 2.05) is 18.2 Å². The molecule has 1 unspecified atom stereocenters. The highest BCUT2D eigenvalue weighted by molar-refractivity contribution is 5.45. The fourth-order valence-corrected chi connectivity index (χ4v) is 3.33. The molecule has 0 radical (unpaired) electrons. The van der Waals surface area contributed by atoms with Crippen LogP contribution in [-0.4, -0.2) is 18.3 Å². The lowest BCUT2D eigenvalue weighted by Gasteiger charge is -2.22. The van der Waals surface area contributed by atoms with E-state index in [4.69, 9.17) is 9.47 Å². The molecule has 1 atom stereocenters. The van der Waals surface area contributed by atoms with E-state index in [2.05, 4.69) is 24.3 Å². The zero-order chi connectivity index (χ0) is 14.2. The molecule has 0 spiro atoms. The maximum atomic E-state index is 10.7. The molecule has 1 aliphatic carbocycles. The lowest BCUT2D eigenvalue weighted by atomic mass is 9.93. The van der Waals surface area contributed by atoms with Crippen LogP contribution in [0.2, 0.25) is 0 Å². The Morgan fingerprint density at radius 1 is 0.905 bits per heavy atom. The molecular formula is C18H18O3. The van der Waals surface area contributed by atoms with Crippen molar-refractivity contribution in [1.82, 2.24) is 0 Å². The summed E-state index contributed by atoms with van der Waals surface area (Å²) in [6.07, 6.45) is 1.41. The van der Waals surface area contributed by atoms with Crippen molar-refractivity contribution < 1.29 is 14.6 Å². The molecule has 2 aromatic carbocycles. The number of rotatable bonds is 2. The van der Waals surface area contributed by atoms with Crippen LogP contribution in [0.15, 0.2) is 42.5 Å². The number of fused-ring (bicyclic) bond motifs is 2. The summed E-state index contributed by atoms with van der Waals surface area (Å²) in [5.41, 5.74) is 3.63. The molecule has 2 aliphatic rings.